The van der Waals surface area contributed by atoms with Gasteiger partial charge in [0.25, 0.3) is 5.69 Å². The van der Waals surface area contributed by atoms with E-state index in [4.69, 9.17) is 0 Å². The van der Waals surface area contributed by atoms with Gasteiger partial charge in [-0.05, 0) is 22.0 Å². The largest absolute Gasteiger partial charge is 0.322 e. The Morgan fingerprint density at radius 2 is 2.07 bits per heavy atom. The topological polar surface area (TPSA) is 76.0 Å². The van der Waals surface area contributed by atoms with E-state index in [2.05, 4.69) is 20.9 Å². The number of hydrogen-bond donors (Lipinski definition) is 1. The number of nitro benzene ring substituents is 1. The predicted molar refractivity (Wildman–Crippen MR) is 58.9 cm³/mol. The van der Waals surface area contributed by atoms with Crippen molar-refractivity contribution in [3.8, 4) is 0 Å². The monoisotopic (exact) mass is 268 g/mol. The second kappa shape index (κ2) is 3.47. The summed E-state index contributed by atoms with van der Waals surface area (Å²) in [4.78, 5) is 23.8. The number of nitro groups is 1. The molecule has 1 N–H and O–H groups in total. The van der Waals surface area contributed by atoms with Crippen molar-refractivity contribution < 1.29 is 4.92 Å². The average molecular weight is 269 g/mol. The molecular weight excluding hydrogens is 264 g/mol. The summed E-state index contributed by atoms with van der Waals surface area (Å²) >= 11 is 3.19. The Bertz CT molecular complexity index is 606. The van der Waals surface area contributed by atoms with E-state index in [-0.39, 0.29) is 11.2 Å². The van der Waals surface area contributed by atoms with Crippen LogP contribution in [0.25, 0.3) is 10.9 Å². The molecule has 2 aromatic rings. The number of non-ortho nitro benzene ring substituents is 1. The molecule has 2 rings (SSSR count). The second-order valence-electron chi connectivity index (χ2n) is 2.97. The summed E-state index contributed by atoms with van der Waals surface area (Å²) in [6, 6.07) is 5.62. The average Bonchev–Trinajstić information content (AvgIpc) is 2.16. The molecule has 0 aliphatic carbocycles. The molecule has 0 bridgehead atoms. The zero-order valence-electron chi connectivity index (χ0n) is 7.36. The Morgan fingerprint density at radius 1 is 1.33 bits per heavy atom. The highest BCUT2D eigenvalue weighted by atomic mass is 79.9. The lowest BCUT2D eigenvalue weighted by Crippen LogP contribution is -2.03. The van der Waals surface area contributed by atoms with Gasteiger partial charge in [0.05, 0.1) is 4.92 Å². The maximum absolute atomic E-state index is 11.1. The van der Waals surface area contributed by atoms with Crippen LogP contribution < -0.4 is 5.56 Å². The minimum atomic E-state index is -0.475. The highest BCUT2D eigenvalue weighted by molar-refractivity contribution is 9.10. The first kappa shape index (κ1) is 9.85. The van der Waals surface area contributed by atoms with E-state index >= 15 is 0 Å². The number of rotatable bonds is 1. The van der Waals surface area contributed by atoms with Crippen LogP contribution in [0, 0.1) is 10.1 Å². The van der Waals surface area contributed by atoms with Crippen LogP contribution in [0.5, 0.6) is 0 Å². The molecule has 15 heavy (non-hydrogen) atoms. The maximum atomic E-state index is 11.1. The standard InChI is InChI=1S/C9H5BrN2O3/c10-7-4-9(13)11-8-2-1-5(12(14)15)3-6(7)8/h1-4H,(H,11,13). The van der Waals surface area contributed by atoms with Gasteiger partial charge in [0.2, 0.25) is 5.56 Å². The molecule has 5 nitrogen and oxygen atoms in total. The number of nitrogens with zero attached hydrogens (tertiary/aromatic N) is 1. The molecule has 0 radical (unpaired) electrons. The van der Waals surface area contributed by atoms with Gasteiger partial charge in [0, 0.05) is 33.6 Å². The second-order valence-corrected chi connectivity index (χ2v) is 3.82. The number of H-pyrrole nitrogens is 1. The van der Waals surface area contributed by atoms with Crippen molar-refractivity contribution in [2.45, 2.75) is 0 Å². The number of nitrogens with one attached hydrogen (secondary N) is 1. The molecule has 0 unspecified atom stereocenters. The van der Waals surface area contributed by atoms with Gasteiger partial charge in [0.1, 0.15) is 0 Å². The number of aromatic nitrogens is 1. The molecular formula is C9H5BrN2O3. The highest BCUT2D eigenvalue weighted by Gasteiger charge is 2.08. The molecule has 0 saturated carbocycles. The third kappa shape index (κ3) is 1.75. The van der Waals surface area contributed by atoms with Gasteiger partial charge < -0.3 is 4.98 Å². The summed E-state index contributed by atoms with van der Waals surface area (Å²) in [6.45, 7) is 0. The smallest absolute Gasteiger partial charge is 0.270 e. The molecule has 0 amide bonds. The van der Waals surface area contributed by atoms with Gasteiger partial charge in [-0.1, -0.05) is 0 Å². The molecule has 76 valence electrons. The number of aromatic amines is 1. The van der Waals surface area contributed by atoms with Crippen LogP contribution in [0.2, 0.25) is 0 Å². The fourth-order valence-corrected chi connectivity index (χ4v) is 1.85. The van der Waals surface area contributed by atoms with Crippen LogP contribution in [0.3, 0.4) is 0 Å². The Labute approximate surface area is 92.0 Å². The summed E-state index contributed by atoms with van der Waals surface area (Å²) in [5, 5.41) is 11.2. The molecule has 1 aromatic carbocycles. The van der Waals surface area contributed by atoms with Crippen LogP contribution >= 0.6 is 15.9 Å². The minimum Gasteiger partial charge on any atom is -0.322 e. The lowest BCUT2D eigenvalue weighted by atomic mass is 10.2. The van der Waals surface area contributed by atoms with Crippen molar-refractivity contribution in [2.24, 2.45) is 0 Å². The molecule has 1 heterocycles. The van der Waals surface area contributed by atoms with Crippen LogP contribution in [-0.2, 0) is 0 Å². The molecule has 0 saturated heterocycles. The number of hydrogen-bond acceptors (Lipinski definition) is 3. The normalized spacial score (nSPS) is 10.5. The molecule has 0 fully saturated rings. The summed E-state index contributed by atoms with van der Waals surface area (Å²) in [7, 11) is 0. The van der Waals surface area contributed by atoms with Crippen LogP contribution in [0.4, 0.5) is 5.69 Å². The van der Waals surface area contributed by atoms with Crippen LogP contribution in [0.15, 0.2) is 33.5 Å². The third-order valence-electron chi connectivity index (χ3n) is 1.99. The van der Waals surface area contributed by atoms with E-state index in [0.29, 0.717) is 15.4 Å². The first-order chi connectivity index (χ1) is 7.08. The Balaban J connectivity index is 2.82. The van der Waals surface area contributed by atoms with Gasteiger partial charge in [-0.15, -0.1) is 0 Å². The van der Waals surface area contributed by atoms with Gasteiger partial charge >= 0.3 is 0 Å². The summed E-state index contributed by atoms with van der Waals surface area (Å²) in [5.41, 5.74) is 0.318. The van der Waals surface area contributed by atoms with Gasteiger partial charge in [-0.3, -0.25) is 14.9 Å². The first-order valence-corrected chi connectivity index (χ1v) is 4.84. The lowest BCUT2D eigenvalue weighted by Gasteiger charge is -1.99. The summed E-state index contributed by atoms with van der Waals surface area (Å²) in [5.74, 6) is 0. The van der Waals surface area contributed by atoms with Crippen molar-refractivity contribution in [2.75, 3.05) is 0 Å². The molecule has 0 aliphatic heterocycles. The molecule has 0 aliphatic rings. The fourth-order valence-electron chi connectivity index (χ4n) is 1.31. The highest BCUT2D eigenvalue weighted by Crippen LogP contribution is 2.24. The van der Waals surface area contributed by atoms with Crippen molar-refractivity contribution in [3.05, 3.63) is 49.2 Å². The van der Waals surface area contributed by atoms with E-state index in [1.807, 2.05) is 0 Å². The number of benzene rings is 1. The lowest BCUT2D eigenvalue weighted by molar-refractivity contribution is -0.384. The minimum absolute atomic E-state index is 0.00440. The predicted octanol–water partition coefficient (Wildman–Crippen LogP) is 2.20. The van der Waals surface area contributed by atoms with Crippen molar-refractivity contribution in [3.63, 3.8) is 0 Å². The van der Waals surface area contributed by atoms with Gasteiger partial charge in [-0.2, -0.15) is 0 Å². The van der Waals surface area contributed by atoms with E-state index in [1.54, 1.807) is 0 Å². The SMILES string of the molecule is O=c1cc(Br)c2cc([N+](=O)[O-])ccc2[nH]1. The van der Waals surface area contributed by atoms with E-state index in [1.165, 1.54) is 24.3 Å². The molecule has 6 heteroatoms. The van der Waals surface area contributed by atoms with Crippen LogP contribution in [0.1, 0.15) is 0 Å². The Morgan fingerprint density at radius 3 is 2.73 bits per heavy atom. The van der Waals surface area contributed by atoms with Gasteiger partial charge in [0.15, 0.2) is 0 Å². The van der Waals surface area contributed by atoms with E-state index in [9.17, 15) is 14.9 Å². The summed E-state index contributed by atoms with van der Waals surface area (Å²) < 4.78 is 0.546. The zero-order valence-corrected chi connectivity index (χ0v) is 8.95. The first-order valence-electron chi connectivity index (χ1n) is 4.05. The van der Waals surface area contributed by atoms with Crippen LogP contribution in [-0.4, -0.2) is 9.91 Å². The Hall–Kier alpha value is -1.69. The zero-order chi connectivity index (χ0) is 11.0. The summed E-state index contributed by atoms with van der Waals surface area (Å²) in [6.07, 6.45) is 0. The fraction of sp³-hybridized carbons (Fsp3) is 0. The number of halogens is 1. The van der Waals surface area contributed by atoms with Crippen molar-refractivity contribution in [1.29, 1.82) is 0 Å². The number of pyridine rings is 1. The third-order valence-corrected chi connectivity index (χ3v) is 2.64. The molecule has 0 spiro atoms. The van der Waals surface area contributed by atoms with E-state index < -0.39 is 4.92 Å². The van der Waals surface area contributed by atoms with Gasteiger partial charge in [-0.25, -0.2) is 0 Å². The quantitative estimate of drug-likeness (QED) is 0.636. The Kier molecular flexibility index (Phi) is 2.28. The van der Waals surface area contributed by atoms with Crippen molar-refractivity contribution in [1.82, 2.24) is 4.98 Å². The molecule has 0 atom stereocenters. The maximum Gasteiger partial charge on any atom is 0.270 e. The van der Waals surface area contributed by atoms with Crippen molar-refractivity contribution >= 4 is 32.5 Å². The van der Waals surface area contributed by atoms with E-state index in [0.717, 1.165) is 0 Å². The molecule has 1 aromatic heterocycles. The number of fused-ring (bicyclic) bond motifs is 1.